The summed E-state index contributed by atoms with van der Waals surface area (Å²) in [6, 6.07) is 0. The molecule has 4 fully saturated rings. The van der Waals surface area contributed by atoms with Gasteiger partial charge in [-0.05, 0) is 82.0 Å². The molecule has 5 aliphatic rings. The van der Waals surface area contributed by atoms with Crippen LogP contribution in [-0.2, 0) is 19.5 Å². The average molecular weight is 474 g/mol. The topological polar surface area (TPSA) is 75.5 Å². The molecule has 2 bridgehead atoms. The van der Waals surface area contributed by atoms with Crippen LogP contribution >= 0.6 is 0 Å². The van der Waals surface area contributed by atoms with Crippen molar-refractivity contribution in [2.24, 2.45) is 16.7 Å². The number of fused-ring (bicyclic) bond motifs is 5. The summed E-state index contributed by atoms with van der Waals surface area (Å²) in [5.74, 6) is 2.80. The van der Waals surface area contributed by atoms with Crippen LogP contribution in [0.3, 0.4) is 0 Å². The molecular weight excluding hydrogens is 434 g/mol. The van der Waals surface area contributed by atoms with Crippen molar-refractivity contribution >= 4 is 16.9 Å². The van der Waals surface area contributed by atoms with Crippen LogP contribution in [-0.4, -0.2) is 36.5 Å². The molecular formula is C28H39N7. The lowest BCUT2D eigenvalue weighted by Crippen LogP contribution is -2.47. The number of nitrogens with one attached hydrogen (secondary N) is 1. The van der Waals surface area contributed by atoms with Gasteiger partial charge in [-0.25, -0.2) is 9.97 Å². The highest BCUT2D eigenvalue weighted by molar-refractivity contribution is 5.86. The molecule has 0 aromatic carbocycles. The highest BCUT2D eigenvalue weighted by Gasteiger charge is 2.52. The molecule has 1 aliphatic heterocycles. The number of nitrogens with zero attached hydrogens (tertiary/aromatic N) is 6. The van der Waals surface area contributed by atoms with E-state index < -0.39 is 0 Å². The molecule has 7 nitrogen and oxygen atoms in total. The second-order valence-electron chi connectivity index (χ2n) is 12.3. The highest BCUT2D eigenvalue weighted by atomic mass is 15.3. The largest absolute Gasteiger partial charge is 0.351 e. The molecule has 8 rings (SSSR count). The molecule has 0 atom stereocenters. The zero-order valence-electron chi connectivity index (χ0n) is 21.4. The van der Waals surface area contributed by atoms with E-state index in [1.165, 1.54) is 87.6 Å². The Hall–Kier alpha value is -2.44. The van der Waals surface area contributed by atoms with Crippen LogP contribution < -0.4 is 4.90 Å². The third kappa shape index (κ3) is 3.52. The van der Waals surface area contributed by atoms with Crippen molar-refractivity contribution < 1.29 is 0 Å². The molecule has 0 radical (unpaired) electrons. The molecule has 0 unspecified atom stereocenters. The smallest absolute Gasteiger partial charge is 0.161 e. The summed E-state index contributed by atoms with van der Waals surface area (Å²) < 4.78 is 2.43. The number of hydrogen-bond acceptors (Lipinski definition) is 5. The maximum atomic E-state index is 5.14. The van der Waals surface area contributed by atoms with Gasteiger partial charge in [-0.1, -0.05) is 19.3 Å². The number of aromatic amines is 1. The molecule has 0 spiro atoms. The van der Waals surface area contributed by atoms with Crippen LogP contribution in [0.1, 0.15) is 93.4 Å². The number of H-pyrrole nitrogens is 1. The first-order valence-electron chi connectivity index (χ1n) is 14.0. The van der Waals surface area contributed by atoms with E-state index in [4.69, 9.17) is 10.1 Å². The first kappa shape index (κ1) is 21.8. The van der Waals surface area contributed by atoms with Crippen LogP contribution in [0.2, 0.25) is 0 Å². The molecule has 7 heteroatoms. The summed E-state index contributed by atoms with van der Waals surface area (Å²) in [5.41, 5.74) is 6.06. The summed E-state index contributed by atoms with van der Waals surface area (Å²) in [4.78, 5) is 11.7. The van der Waals surface area contributed by atoms with Crippen molar-refractivity contribution in [2.75, 3.05) is 11.4 Å². The quantitative estimate of drug-likeness (QED) is 0.530. The van der Waals surface area contributed by atoms with E-state index >= 15 is 0 Å². The standard InChI is InChI=1S/C28H39N7/c1-19-23-17-34(26-22-16-29-32-25(22)30-20(2)31-26)15-8-24(23)35(33-19)18-27-9-12-28(13-10-27,14-11-27)21-6-4-3-5-7-21/h16,21H,3-15,17-18H2,1-2H3,(H,29,30,31,32). The van der Waals surface area contributed by atoms with Gasteiger partial charge in [-0.2, -0.15) is 10.2 Å². The van der Waals surface area contributed by atoms with Crippen molar-refractivity contribution in [3.63, 3.8) is 0 Å². The highest BCUT2D eigenvalue weighted by Crippen LogP contribution is 2.62. The fraction of sp³-hybridized carbons (Fsp3) is 0.714. The zero-order valence-corrected chi connectivity index (χ0v) is 21.4. The van der Waals surface area contributed by atoms with Gasteiger partial charge in [0.05, 0.1) is 17.3 Å². The molecule has 4 saturated carbocycles. The maximum Gasteiger partial charge on any atom is 0.161 e. The first-order valence-corrected chi connectivity index (χ1v) is 14.0. The Morgan fingerprint density at radius 2 is 1.77 bits per heavy atom. The molecule has 186 valence electrons. The second-order valence-corrected chi connectivity index (χ2v) is 12.3. The number of rotatable bonds is 4. The third-order valence-electron chi connectivity index (χ3n) is 10.5. The number of anilines is 1. The summed E-state index contributed by atoms with van der Waals surface area (Å²) in [6.07, 6.45) is 19.0. The van der Waals surface area contributed by atoms with E-state index in [9.17, 15) is 0 Å². The van der Waals surface area contributed by atoms with Crippen LogP contribution in [0.15, 0.2) is 6.20 Å². The lowest BCUT2D eigenvalue weighted by Gasteiger charge is -2.57. The van der Waals surface area contributed by atoms with Crippen molar-refractivity contribution in [3.05, 3.63) is 29.0 Å². The molecule has 35 heavy (non-hydrogen) atoms. The minimum Gasteiger partial charge on any atom is -0.351 e. The Morgan fingerprint density at radius 1 is 1.00 bits per heavy atom. The average Bonchev–Trinajstić information content (AvgIpc) is 3.49. The second kappa shape index (κ2) is 8.04. The lowest BCUT2D eigenvalue weighted by atomic mass is 9.48. The van der Waals surface area contributed by atoms with Crippen molar-refractivity contribution in [1.29, 1.82) is 0 Å². The number of aryl methyl sites for hydroxylation is 2. The van der Waals surface area contributed by atoms with Crippen LogP contribution in [0.25, 0.3) is 11.0 Å². The van der Waals surface area contributed by atoms with Gasteiger partial charge in [0.2, 0.25) is 0 Å². The van der Waals surface area contributed by atoms with E-state index in [2.05, 4.69) is 31.7 Å². The summed E-state index contributed by atoms with van der Waals surface area (Å²) in [5, 5.41) is 13.4. The molecule has 4 heterocycles. The third-order valence-corrected chi connectivity index (χ3v) is 10.5. The fourth-order valence-electron chi connectivity index (χ4n) is 8.32. The minimum atomic E-state index is 0.479. The Morgan fingerprint density at radius 3 is 2.54 bits per heavy atom. The molecule has 0 saturated heterocycles. The molecule has 1 N–H and O–H groups in total. The van der Waals surface area contributed by atoms with Gasteiger partial charge in [-0.15, -0.1) is 0 Å². The molecule has 3 aromatic rings. The summed E-state index contributed by atoms with van der Waals surface area (Å²) in [7, 11) is 0. The predicted molar refractivity (Wildman–Crippen MR) is 137 cm³/mol. The summed E-state index contributed by atoms with van der Waals surface area (Å²) in [6.45, 7) is 7.12. The normalized spacial score (nSPS) is 29.1. The number of aromatic nitrogens is 6. The Bertz CT molecular complexity index is 1220. The molecule has 0 amide bonds. The lowest BCUT2D eigenvalue weighted by molar-refractivity contribution is -0.0661. The monoisotopic (exact) mass is 473 g/mol. The predicted octanol–water partition coefficient (Wildman–Crippen LogP) is 5.65. The van der Waals surface area contributed by atoms with E-state index in [1.54, 1.807) is 0 Å². The van der Waals surface area contributed by atoms with E-state index in [0.717, 1.165) is 54.6 Å². The molecule has 3 aromatic heterocycles. The zero-order chi connectivity index (χ0) is 23.6. The van der Waals surface area contributed by atoms with Gasteiger partial charge in [0.15, 0.2) is 5.65 Å². The van der Waals surface area contributed by atoms with Crippen molar-refractivity contribution in [3.8, 4) is 0 Å². The van der Waals surface area contributed by atoms with Gasteiger partial charge < -0.3 is 4.90 Å². The first-order chi connectivity index (χ1) is 17.0. The Balaban J connectivity index is 1.10. The minimum absolute atomic E-state index is 0.479. The van der Waals surface area contributed by atoms with Crippen molar-refractivity contribution in [2.45, 2.75) is 104 Å². The van der Waals surface area contributed by atoms with E-state index in [1.807, 2.05) is 13.1 Å². The van der Waals surface area contributed by atoms with E-state index in [0.29, 0.717) is 10.8 Å². The number of hydrogen-bond donors (Lipinski definition) is 1. The van der Waals surface area contributed by atoms with E-state index in [-0.39, 0.29) is 0 Å². The van der Waals surface area contributed by atoms with Gasteiger partial charge >= 0.3 is 0 Å². The fourth-order valence-corrected chi connectivity index (χ4v) is 8.32. The van der Waals surface area contributed by atoms with Gasteiger partial charge in [0.25, 0.3) is 0 Å². The van der Waals surface area contributed by atoms with Crippen LogP contribution in [0, 0.1) is 30.6 Å². The Labute approximate surface area is 208 Å². The maximum absolute atomic E-state index is 5.14. The SMILES string of the molecule is Cc1nc(N2CCc3c(c(C)nn3CC34CCC(C5CCCCC5)(CC3)CC4)C2)c2cn[nH]c2n1. The summed E-state index contributed by atoms with van der Waals surface area (Å²) >= 11 is 0. The van der Waals surface area contributed by atoms with Gasteiger partial charge in [-0.3, -0.25) is 9.78 Å². The Kier molecular flexibility index (Phi) is 5.01. The van der Waals surface area contributed by atoms with Crippen molar-refractivity contribution in [1.82, 2.24) is 29.9 Å². The van der Waals surface area contributed by atoms with Crippen LogP contribution in [0.5, 0.6) is 0 Å². The van der Waals surface area contributed by atoms with Gasteiger partial charge in [0.1, 0.15) is 11.6 Å². The van der Waals surface area contributed by atoms with Gasteiger partial charge in [0, 0.05) is 37.3 Å². The molecule has 4 aliphatic carbocycles. The van der Waals surface area contributed by atoms with Crippen LogP contribution in [0.4, 0.5) is 5.82 Å².